The lowest BCUT2D eigenvalue weighted by molar-refractivity contribution is 0.0780. The fourth-order valence-electron chi connectivity index (χ4n) is 2.91. The van der Waals surface area contributed by atoms with E-state index in [1.165, 1.54) is 25.9 Å². The first kappa shape index (κ1) is 11.2. The second-order valence-electron chi connectivity index (χ2n) is 5.23. The van der Waals surface area contributed by atoms with Crippen LogP contribution in [0.1, 0.15) is 43.4 Å². The topological polar surface area (TPSA) is 41.3 Å². The summed E-state index contributed by atoms with van der Waals surface area (Å²) in [6.45, 7) is 3.61. The van der Waals surface area contributed by atoms with Gasteiger partial charge in [0.05, 0.1) is 5.69 Å². The van der Waals surface area contributed by atoms with Crippen molar-refractivity contribution in [3.05, 3.63) is 17.7 Å². The maximum atomic E-state index is 9.87. The van der Waals surface area contributed by atoms with Crippen LogP contribution in [0.15, 0.2) is 6.20 Å². The molecule has 94 valence electrons. The van der Waals surface area contributed by atoms with Gasteiger partial charge in [-0.1, -0.05) is 0 Å². The molecule has 0 aromatic carbocycles. The van der Waals surface area contributed by atoms with E-state index in [1.807, 2.05) is 4.57 Å². The lowest BCUT2D eigenvalue weighted by atomic mass is 10.1. The minimum Gasteiger partial charge on any atom is -0.373 e. The Bertz CT molecular complexity index is 382. The van der Waals surface area contributed by atoms with E-state index in [0.717, 1.165) is 43.7 Å². The maximum absolute atomic E-state index is 9.87. The number of aromatic nitrogens is 2. The Kier molecular flexibility index (Phi) is 3.16. The molecule has 3 rings (SSSR count). The van der Waals surface area contributed by atoms with Crippen molar-refractivity contribution in [2.24, 2.45) is 0 Å². The highest BCUT2D eigenvalue weighted by Gasteiger charge is 2.19. The van der Waals surface area contributed by atoms with Crippen molar-refractivity contribution >= 4 is 0 Å². The summed E-state index contributed by atoms with van der Waals surface area (Å²) in [6, 6.07) is 0. The van der Waals surface area contributed by atoms with E-state index in [4.69, 9.17) is 0 Å². The maximum Gasteiger partial charge on any atom is 0.131 e. The molecule has 4 nitrogen and oxygen atoms in total. The summed E-state index contributed by atoms with van der Waals surface area (Å²) in [5.74, 6) is 1.07. The molecule has 1 aromatic heterocycles. The van der Waals surface area contributed by atoms with Crippen molar-refractivity contribution in [3.63, 3.8) is 0 Å². The predicted molar refractivity (Wildman–Crippen MR) is 65.8 cm³/mol. The molecule has 3 heterocycles. The molecular weight excluding hydrogens is 214 g/mol. The number of fused-ring (bicyclic) bond motifs is 1. The van der Waals surface area contributed by atoms with Crippen LogP contribution >= 0.6 is 0 Å². The van der Waals surface area contributed by atoms with Crippen LogP contribution in [-0.2, 0) is 12.8 Å². The van der Waals surface area contributed by atoms with Crippen LogP contribution in [0.2, 0.25) is 0 Å². The number of hydrogen-bond acceptors (Lipinski definition) is 3. The molecular formula is C13H21N3O. The van der Waals surface area contributed by atoms with Gasteiger partial charge in [0.15, 0.2) is 0 Å². The lowest BCUT2D eigenvalue weighted by Crippen LogP contribution is -2.22. The Balaban J connectivity index is 1.63. The number of aliphatic hydroxyl groups excluding tert-OH is 1. The van der Waals surface area contributed by atoms with Crippen molar-refractivity contribution in [2.45, 2.75) is 44.8 Å². The number of rotatable bonds is 3. The summed E-state index contributed by atoms with van der Waals surface area (Å²) in [4.78, 5) is 7.15. The number of hydrogen-bond donors (Lipinski definition) is 1. The second-order valence-corrected chi connectivity index (χ2v) is 5.23. The zero-order chi connectivity index (χ0) is 11.7. The monoisotopic (exact) mass is 235 g/mol. The minimum atomic E-state index is -0.341. The number of aliphatic hydroxyl groups is 1. The van der Waals surface area contributed by atoms with Crippen LogP contribution in [0.3, 0.4) is 0 Å². The molecule has 4 heteroatoms. The molecule has 0 bridgehead atoms. The molecule has 0 radical (unpaired) electrons. The lowest BCUT2D eigenvalue weighted by Gasteiger charge is -2.19. The molecule has 2 aliphatic rings. The molecule has 0 spiro atoms. The van der Waals surface area contributed by atoms with Gasteiger partial charge in [0.2, 0.25) is 0 Å². The molecule has 1 unspecified atom stereocenters. The smallest absolute Gasteiger partial charge is 0.131 e. The van der Waals surface area contributed by atoms with Crippen molar-refractivity contribution in [2.75, 3.05) is 19.6 Å². The molecule has 1 saturated heterocycles. The Morgan fingerprint density at radius 1 is 1.29 bits per heavy atom. The van der Waals surface area contributed by atoms with Gasteiger partial charge in [-0.2, -0.15) is 0 Å². The Hall–Kier alpha value is -0.870. The van der Waals surface area contributed by atoms with E-state index in [1.54, 1.807) is 0 Å². The number of nitrogens with zero attached hydrogens (tertiary/aromatic N) is 3. The van der Waals surface area contributed by atoms with E-state index in [9.17, 15) is 5.11 Å². The Morgan fingerprint density at radius 2 is 2.12 bits per heavy atom. The van der Waals surface area contributed by atoms with E-state index in [2.05, 4.69) is 16.1 Å². The minimum absolute atomic E-state index is 0.341. The van der Waals surface area contributed by atoms with E-state index in [-0.39, 0.29) is 6.23 Å². The molecule has 17 heavy (non-hydrogen) atoms. The fourth-order valence-corrected chi connectivity index (χ4v) is 2.91. The van der Waals surface area contributed by atoms with Gasteiger partial charge in [-0.25, -0.2) is 4.98 Å². The number of imidazole rings is 1. The van der Waals surface area contributed by atoms with Crippen LogP contribution in [0.4, 0.5) is 0 Å². The van der Waals surface area contributed by atoms with Crippen LogP contribution < -0.4 is 0 Å². The van der Waals surface area contributed by atoms with Gasteiger partial charge in [-0.05, 0) is 38.8 Å². The third-order valence-electron chi connectivity index (χ3n) is 3.93. The summed E-state index contributed by atoms with van der Waals surface area (Å²) >= 11 is 0. The molecule has 1 N–H and O–H groups in total. The number of likely N-dealkylation sites (tertiary alicyclic amines) is 1. The first-order valence-electron chi connectivity index (χ1n) is 6.80. The predicted octanol–water partition coefficient (Wildman–Crippen LogP) is 1.35. The Morgan fingerprint density at radius 3 is 2.88 bits per heavy atom. The van der Waals surface area contributed by atoms with Gasteiger partial charge >= 0.3 is 0 Å². The van der Waals surface area contributed by atoms with Crippen molar-refractivity contribution in [1.82, 2.24) is 14.5 Å². The molecule has 2 aliphatic heterocycles. The van der Waals surface area contributed by atoms with Crippen molar-refractivity contribution in [1.29, 1.82) is 0 Å². The average Bonchev–Trinajstić information content (AvgIpc) is 2.95. The fraction of sp³-hybridized carbons (Fsp3) is 0.769. The average molecular weight is 235 g/mol. The summed E-state index contributed by atoms with van der Waals surface area (Å²) in [5, 5.41) is 9.87. The van der Waals surface area contributed by atoms with E-state index < -0.39 is 0 Å². The van der Waals surface area contributed by atoms with Crippen molar-refractivity contribution < 1.29 is 5.11 Å². The molecule has 1 fully saturated rings. The first-order chi connectivity index (χ1) is 8.33. The molecule has 1 aromatic rings. The van der Waals surface area contributed by atoms with Gasteiger partial charge in [-0.3, -0.25) is 0 Å². The summed E-state index contributed by atoms with van der Waals surface area (Å²) in [5.41, 5.74) is 1.15. The summed E-state index contributed by atoms with van der Waals surface area (Å²) in [7, 11) is 0. The zero-order valence-electron chi connectivity index (χ0n) is 10.3. The van der Waals surface area contributed by atoms with Crippen molar-refractivity contribution in [3.8, 4) is 0 Å². The molecule has 1 atom stereocenters. The SMILES string of the molecule is OC1CCCc2nc(CCN3CCCC3)cn21. The van der Waals surface area contributed by atoms with Crippen LogP contribution in [0, 0.1) is 0 Å². The Labute approximate surface area is 102 Å². The first-order valence-corrected chi connectivity index (χ1v) is 6.80. The highest BCUT2D eigenvalue weighted by molar-refractivity contribution is 5.07. The van der Waals surface area contributed by atoms with Gasteiger partial charge in [-0.15, -0.1) is 0 Å². The van der Waals surface area contributed by atoms with Crippen LogP contribution in [0.5, 0.6) is 0 Å². The van der Waals surface area contributed by atoms with Gasteiger partial charge < -0.3 is 14.6 Å². The van der Waals surface area contributed by atoms with Crippen LogP contribution in [0.25, 0.3) is 0 Å². The van der Waals surface area contributed by atoms with Gasteiger partial charge in [0.1, 0.15) is 12.1 Å². The molecule has 0 aliphatic carbocycles. The molecule has 0 saturated carbocycles. The highest BCUT2D eigenvalue weighted by atomic mass is 16.3. The summed E-state index contributed by atoms with van der Waals surface area (Å²) < 4.78 is 1.96. The standard InChI is InChI=1S/C13H21N3O/c17-13-5-3-4-12-14-11(10-16(12)13)6-9-15-7-1-2-8-15/h10,13,17H,1-9H2. The number of aryl methyl sites for hydroxylation is 1. The third-order valence-corrected chi connectivity index (χ3v) is 3.93. The van der Waals surface area contributed by atoms with Gasteiger partial charge in [0.25, 0.3) is 0 Å². The normalized spacial score (nSPS) is 25.1. The zero-order valence-corrected chi connectivity index (χ0v) is 10.3. The second kappa shape index (κ2) is 4.78. The van der Waals surface area contributed by atoms with E-state index >= 15 is 0 Å². The van der Waals surface area contributed by atoms with Crippen LogP contribution in [-0.4, -0.2) is 39.2 Å². The third kappa shape index (κ3) is 2.38. The largest absolute Gasteiger partial charge is 0.373 e. The highest BCUT2D eigenvalue weighted by Crippen LogP contribution is 2.22. The van der Waals surface area contributed by atoms with E-state index in [0.29, 0.717) is 0 Å². The summed E-state index contributed by atoms with van der Waals surface area (Å²) in [6.07, 6.45) is 8.37. The van der Waals surface area contributed by atoms with Gasteiger partial charge in [0, 0.05) is 25.6 Å². The molecule has 0 amide bonds. The quantitative estimate of drug-likeness (QED) is 0.860.